The second-order valence-corrected chi connectivity index (χ2v) is 7.23. The number of benzene rings is 1. The zero-order valence-electron chi connectivity index (χ0n) is 7.93. The molecule has 1 rings (SSSR count). The molecule has 12 heavy (non-hydrogen) atoms. The van der Waals surface area contributed by atoms with Crippen molar-refractivity contribution < 1.29 is 0 Å². The number of hydrogen-bond acceptors (Lipinski definition) is 0. The third-order valence-corrected chi connectivity index (χ3v) is 5.75. The fourth-order valence-electron chi connectivity index (χ4n) is 1.08. The van der Waals surface area contributed by atoms with Gasteiger partial charge in [0, 0.05) is 0 Å². The van der Waals surface area contributed by atoms with E-state index < -0.39 is 0 Å². The van der Waals surface area contributed by atoms with Crippen molar-refractivity contribution in [1.29, 1.82) is 0 Å². The van der Waals surface area contributed by atoms with Gasteiger partial charge in [-0.25, -0.2) is 0 Å². The molecule has 0 aromatic heterocycles. The van der Waals surface area contributed by atoms with E-state index in [-0.39, 0.29) is 21.1 Å². The molecule has 0 saturated carbocycles. The van der Waals surface area contributed by atoms with Gasteiger partial charge >= 0.3 is 85.7 Å². The van der Waals surface area contributed by atoms with Crippen LogP contribution in [-0.4, -0.2) is 21.1 Å². The van der Waals surface area contributed by atoms with E-state index in [9.17, 15) is 0 Å². The Kier molecular flexibility index (Phi) is 4.74. The van der Waals surface area contributed by atoms with E-state index in [1.165, 1.54) is 22.8 Å². The Morgan fingerprint density at radius 2 is 1.83 bits per heavy atom. The van der Waals surface area contributed by atoms with Gasteiger partial charge in [0.05, 0.1) is 0 Å². The Morgan fingerprint density at radius 3 is 2.42 bits per heavy atom. The molecule has 0 radical (unpaired) electrons. The molecule has 0 bridgehead atoms. The van der Waals surface area contributed by atoms with Gasteiger partial charge in [-0.15, -0.1) is 0 Å². The molecular formula is C11H16Sn+2. The Morgan fingerprint density at radius 1 is 1.17 bits per heavy atom. The Bertz CT molecular complexity index is 213. The van der Waals surface area contributed by atoms with Gasteiger partial charge in [0.15, 0.2) is 0 Å². The maximum absolute atomic E-state index is 2.32. The quantitative estimate of drug-likeness (QED) is 0.581. The van der Waals surface area contributed by atoms with Gasteiger partial charge in [0.25, 0.3) is 0 Å². The molecule has 0 nitrogen and oxygen atoms in total. The van der Waals surface area contributed by atoms with Crippen molar-refractivity contribution in [1.82, 2.24) is 0 Å². The van der Waals surface area contributed by atoms with Crippen molar-refractivity contribution in [3.05, 3.63) is 29.8 Å². The van der Waals surface area contributed by atoms with Gasteiger partial charge in [-0.05, 0) is 0 Å². The number of hydrogen-bond donors (Lipinski definition) is 0. The molecule has 0 fully saturated rings. The second-order valence-electron chi connectivity index (χ2n) is 3.15. The van der Waals surface area contributed by atoms with Crippen LogP contribution in [0.1, 0.15) is 25.3 Å². The van der Waals surface area contributed by atoms with Crippen LogP contribution >= 0.6 is 0 Å². The average molecular weight is 267 g/mol. The number of rotatable bonds is 4. The molecule has 0 N–H and O–H groups in total. The molecule has 0 aliphatic heterocycles. The van der Waals surface area contributed by atoms with Gasteiger partial charge in [-0.3, -0.25) is 0 Å². The molecule has 1 aromatic carbocycles. The normalized spacial score (nSPS) is 9.50. The third kappa shape index (κ3) is 3.61. The zero-order chi connectivity index (χ0) is 8.81. The molecule has 0 aliphatic rings. The monoisotopic (exact) mass is 268 g/mol. The summed E-state index contributed by atoms with van der Waals surface area (Å²) in [7, 11) is 0. The Labute approximate surface area is 85.6 Å². The molecular weight excluding hydrogens is 251 g/mol. The summed E-state index contributed by atoms with van der Waals surface area (Å²) in [6.07, 6.45) is 2.78. The van der Waals surface area contributed by atoms with Crippen LogP contribution in [0.2, 0.25) is 4.44 Å². The molecule has 1 heteroatoms. The van der Waals surface area contributed by atoms with Crippen LogP contribution in [0.5, 0.6) is 0 Å². The molecule has 0 aliphatic carbocycles. The molecule has 0 amide bonds. The third-order valence-electron chi connectivity index (χ3n) is 1.91. The van der Waals surface area contributed by atoms with Crippen molar-refractivity contribution in [2.24, 2.45) is 0 Å². The summed E-state index contributed by atoms with van der Waals surface area (Å²) in [5.74, 6) is 0. The first-order valence-electron chi connectivity index (χ1n) is 4.63. The molecule has 62 valence electrons. The van der Waals surface area contributed by atoms with Crippen LogP contribution < -0.4 is 3.58 Å². The van der Waals surface area contributed by atoms with Gasteiger partial charge in [0.2, 0.25) is 0 Å². The van der Waals surface area contributed by atoms with E-state index in [0.717, 1.165) is 0 Å². The molecule has 1 aromatic rings. The topological polar surface area (TPSA) is 0 Å². The van der Waals surface area contributed by atoms with Gasteiger partial charge in [-0.1, -0.05) is 0 Å². The van der Waals surface area contributed by atoms with E-state index >= 15 is 0 Å². The van der Waals surface area contributed by atoms with Crippen LogP contribution in [0, 0.1) is 6.92 Å². The summed E-state index contributed by atoms with van der Waals surface area (Å²) in [5, 5.41) is 0. The fourth-order valence-corrected chi connectivity index (χ4v) is 4.57. The van der Waals surface area contributed by atoms with Crippen LogP contribution in [-0.2, 0) is 0 Å². The van der Waals surface area contributed by atoms with Crippen molar-refractivity contribution in [3.8, 4) is 0 Å². The van der Waals surface area contributed by atoms with Gasteiger partial charge < -0.3 is 0 Å². The second kappa shape index (κ2) is 5.63. The zero-order valence-corrected chi connectivity index (χ0v) is 10.8. The number of aryl methyl sites for hydroxylation is 1. The van der Waals surface area contributed by atoms with E-state index in [2.05, 4.69) is 38.1 Å². The first-order chi connectivity index (χ1) is 5.83. The molecule has 0 spiro atoms. The Hall–Kier alpha value is 0.0187. The molecule has 0 unspecified atom stereocenters. The van der Waals surface area contributed by atoms with Crippen molar-refractivity contribution in [2.75, 3.05) is 0 Å². The number of unbranched alkanes of at least 4 members (excludes halogenated alkanes) is 1. The van der Waals surface area contributed by atoms with Crippen molar-refractivity contribution in [3.63, 3.8) is 0 Å². The summed E-state index contributed by atoms with van der Waals surface area (Å²) >= 11 is -0.203. The predicted molar refractivity (Wildman–Crippen MR) is 56.3 cm³/mol. The minimum atomic E-state index is -0.203. The predicted octanol–water partition coefficient (Wildman–Crippen LogP) is 2.54. The van der Waals surface area contributed by atoms with E-state index in [4.69, 9.17) is 0 Å². The van der Waals surface area contributed by atoms with Gasteiger partial charge in [0.1, 0.15) is 0 Å². The van der Waals surface area contributed by atoms with Crippen LogP contribution in [0.25, 0.3) is 0 Å². The first-order valence-corrected chi connectivity index (χ1v) is 8.08. The molecule has 0 heterocycles. The van der Waals surface area contributed by atoms with E-state index in [1.807, 2.05) is 0 Å². The van der Waals surface area contributed by atoms with Crippen molar-refractivity contribution in [2.45, 2.75) is 31.1 Å². The SMILES string of the molecule is CCC[CH2][Sn+2][c]1ccc(C)cc1. The van der Waals surface area contributed by atoms with Crippen molar-refractivity contribution >= 4 is 24.7 Å². The minimum absolute atomic E-state index is 0.203. The van der Waals surface area contributed by atoms with Gasteiger partial charge in [-0.2, -0.15) is 0 Å². The fraction of sp³-hybridized carbons (Fsp3) is 0.455. The first kappa shape index (κ1) is 10.1. The summed E-state index contributed by atoms with van der Waals surface area (Å²) in [5.41, 5.74) is 1.38. The summed E-state index contributed by atoms with van der Waals surface area (Å²) < 4.78 is 3.15. The molecule has 0 saturated heterocycles. The summed E-state index contributed by atoms with van der Waals surface area (Å²) in [4.78, 5) is 0. The van der Waals surface area contributed by atoms with Crippen LogP contribution in [0.15, 0.2) is 24.3 Å². The summed E-state index contributed by atoms with van der Waals surface area (Å²) in [6.45, 7) is 4.43. The molecule has 0 atom stereocenters. The van der Waals surface area contributed by atoms with E-state index in [1.54, 1.807) is 3.58 Å². The standard InChI is InChI=1S/C7H7.C4H9.Sn/c1-7-5-3-2-4-6-7;1-3-4-2;/h3-6H,1H3;1,3-4H2,2H3;/q;;+2. The van der Waals surface area contributed by atoms with E-state index in [0.29, 0.717) is 0 Å². The average Bonchev–Trinajstić information content (AvgIpc) is 2.09. The maximum atomic E-state index is 2.32. The van der Waals surface area contributed by atoms with Crippen LogP contribution in [0.4, 0.5) is 0 Å². The summed E-state index contributed by atoms with van der Waals surface area (Å²) in [6, 6.07) is 9.11. The van der Waals surface area contributed by atoms with Crippen LogP contribution in [0.3, 0.4) is 0 Å². The Balaban J connectivity index is 2.37.